The van der Waals surface area contributed by atoms with E-state index in [9.17, 15) is 9.59 Å². The van der Waals surface area contributed by atoms with Crippen LogP contribution >= 0.6 is 0 Å². The number of carboxylic acid groups (broad SMARTS) is 1. The first-order chi connectivity index (χ1) is 8.06. The van der Waals surface area contributed by atoms with Crippen LogP contribution in [-0.4, -0.2) is 28.0 Å². The lowest BCUT2D eigenvalue weighted by Gasteiger charge is -2.19. The monoisotopic (exact) mass is 236 g/mol. The summed E-state index contributed by atoms with van der Waals surface area (Å²) in [4.78, 5) is 26.6. The highest BCUT2D eigenvalue weighted by atomic mass is 16.4. The third-order valence-electron chi connectivity index (χ3n) is 2.66. The molecule has 0 saturated carbocycles. The number of carbonyl (C=O) groups excluding carboxylic acids is 1. The highest BCUT2D eigenvalue weighted by Crippen LogP contribution is 2.08. The van der Waals surface area contributed by atoms with Gasteiger partial charge in [0.15, 0.2) is 0 Å². The van der Waals surface area contributed by atoms with E-state index in [1.54, 1.807) is 25.1 Å². The molecule has 1 aromatic rings. The molecular weight excluding hydrogens is 220 g/mol. The summed E-state index contributed by atoms with van der Waals surface area (Å²) in [5.74, 6) is -1.61. The van der Waals surface area contributed by atoms with Gasteiger partial charge >= 0.3 is 5.97 Å². The van der Waals surface area contributed by atoms with Crippen molar-refractivity contribution in [3.8, 4) is 0 Å². The van der Waals surface area contributed by atoms with Gasteiger partial charge in [-0.15, -0.1) is 0 Å². The number of carboxylic acids is 1. The molecule has 0 aliphatic carbocycles. The summed E-state index contributed by atoms with van der Waals surface area (Å²) >= 11 is 0. The maximum atomic E-state index is 11.7. The van der Waals surface area contributed by atoms with Crippen molar-refractivity contribution in [2.75, 3.05) is 0 Å². The van der Waals surface area contributed by atoms with E-state index in [1.807, 2.05) is 6.92 Å². The van der Waals surface area contributed by atoms with Crippen LogP contribution in [0.3, 0.4) is 0 Å². The van der Waals surface area contributed by atoms with Crippen molar-refractivity contribution in [3.63, 3.8) is 0 Å². The molecule has 1 heterocycles. The largest absolute Gasteiger partial charge is 0.480 e. The molecule has 2 N–H and O–H groups in total. The number of hydrogen-bond donors (Lipinski definition) is 2. The Morgan fingerprint density at radius 2 is 2.18 bits per heavy atom. The van der Waals surface area contributed by atoms with Gasteiger partial charge in [0, 0.05) is 6.20 Å². The molecule has 0 spiro atoms. The molecular formula is C12H16N2O3. The lowest BCUT2D eigenvalue weighted by atomic mass is 9.99. The second-order valence-corrected chi connectivity index (χ2v) is 3.89. The number of nitrogens with zero attached hydrogens (tertiary/aromatic N) is 1. The van der Waals surface area contributed by atoms with Crippen LogP contribution in [0.5, 0.6) is 0 Å². The average molecular weight is 236 g/mol. The van der Waals surface area contributed by atoms with Gasteiger partial charge in [0.1, 0.15) is 11.7 Å². The molecule has 0 unspecified atom stereocenters. The van der Waals surface area contributed by atoms with Gasteiger partial charge in [0.2, 0.25) is 0 Å². The lowest BCUT2D eigenvalue weighted by molar-refractivity contribution is -0.140. The summed E-state index contributed by atoms with van der Waals surface area (Å²) in [5.41, 5.74) is 0.224. The Morgan fingerprint density at radius 3 is 2.65 bits per heavy atom. The number of carbonyl (C=O) groups is 2. The first-order valence-electron chi connectivity index (χ1n) is 5.51. The molecule has 1 amide bonds. The number of aliphatic carboxylic acids is 1. The van der Waals surface area contributed by atoms with Crippen molar-refractivity contribution in [1.82, 2.24) is 10.3 Å². The maximum absolute atomic E-state index is 11.7. The Kier molecular flexibility index (Phi) is 4.63. The summed E-state index contributed by atoms with van der Waals surface area (Å²) in [6.07, 6.45) is 2.17. The van der Waals surface area contributed by atoms with E-state index in [-0.39, 0.29) is 11.6 Å². The van der Waals surface area contributed by atoms with E-state index < -0.39 is 17.9 Å². The van der Waals surface area contributed by atoms with Crippen LogP contribution in [0.2, 0.25) is 0 Å². The fourth-order valence-electron chi connectivity index (χ4n) is 1.40. The zero-order chi connectivity index (χ0) is 12.8. The predicted octanol–water partition coefficient (Wildman–Crippen LogP) is 1.31. The van der Waals surface area contributed by atoms with Crippen molar-refractivity contribution in [2.45, 2.75) is 26.3 Å². The average Bonchev–Trinajstić information content (AvgIpc) is 2.35. The second-order valence-electron chi connectivity index (χ2n) is 3.89. The fourth-order valence-corrected chi connectivity index (χ4v) is 1.40. The van der Waals surface area contributed by atoms with Gasteiger partial charge in [-0.3, -0.25) is 9.78 Å². The van der Waals surface area contributed by atoms with Crippen LogP contribution in [0.25, 0.3) is 0 Å². The van der Waals surface area contributed by atoms with E-state index in [2.05, 4.69) is 10.3 Å². The van der Waals surface area contributed by atoms with Gasteiger partial charge in [-0.25, -0.2) is 4.79 Å². The Balaban J connectivity index is 2.75. The first-order valence-corrected chi connectivity index (χ1v) is 5.51. The summed E-state index contributed by atoms with van der Waals surface area (Å²) in [5, 5.41) is 11.5. The zero-order valence-electron chi connectivity index (χ0n) is 9.88. The summed E-state index contributed by atoms with van der Waals surface area (Å²) in [7, 11) is 0. The molecule has 0 bridgehead atoms. The number of amides is 1. The normalized spacial score (nSPS) is 13.8. The molecule has 1 aromatic heterocycles. The predicted molar refractivity (Wildman–Crippen MR) is 62.6 cm³/mol. The van der Waals surface area contributed by atoms with Gasteiger partial charge in [0.05, 0.1) is 0 Å². The van der Waals surface area contributed by atoms with E-state index in [4.69, 9.17) is 5.11 Å². The van der Waals surface area contributed by atoms with Crippen LogP contribution in [0, 0.1) is 5.92 Å². The summed E-state index contributed by atoms with van der Waals surface area (Å²) < 4.78 is 0. The smallest absolute Gasteiger partial charge is 0.326 e. The topological polar surface area (TPSA) is 79.3 Å². The molecule has 0 aliphatic rings. The highest BCUT2D eigenvalue weighted by molar-refractivity contribution is 5.94. The SMILES string of the molecule is CC[C@@H](C)[C@H](NC(=O)c1ccccn1)C(=O)O. The van der Waals surface area contributed by atoms with Crippen LogP contribution in [0.1, 0.15) is 30.8 Å². The van der Waals surface area contributed by atoms with Crippen molar-refractivity contribution >= 4 is 11.9 Å². The standard InChI is InChI=1S/C12H16N2O3/c1-3-8(2)10(12(16)17)14-11(15)9-6-4-5-7-13-9/h4-8,10H,3H2,1-2H3,(H,14,15)(H,16,17)/t8-,10+/m1/s1. The Bertz CT molecular complexity index is 392. The van der Waals surface area contributed by atoms with E-state index in [0.717, 1.165) is 0 Å². The number of hydrogen-bond acceptors (Lipinski definition) is 3. The van der Waals surface area contributed by atoms with Gasteiger partial charge in [0.25, 0.3) is 5.91 Å². The lowest BCUT2D eigenvalue weighted by Crippen LogP contribution is -2.45. The third kappa shape index (κ3) is 3.55. The van der Waals surface area contributed by atoms with Gasteiger partial charge < -0.3 is 10.4 Å². The number of rotatable bonds is 5. The number of pyridine rings is 1. The maximum Gasteiger partial charge on any atom is 0.326 e. The van der Waals surface area contributed by atoms with Crippen molar-refractivity contribution in [3.05, 3.63) is 30.1 Å². The number of aromatic nitrogens is 1. The second kappa shape index (κ2) is 5.98. The van der Waals surface area contributed by atoms with E-state index >= 15 is 0 Å². The van der Waals surface area contributed by atoms with Crippen molar-refractivity contribution in [1.29, 1.82) is 0 Å². The summed E-state index contributed by atoms with van der Waals surface area (Å²) in [6, 6.07) is 4.04. The first kappa shape index (κ1) is 13.2. The molecule has 0 saturated heterocycles. The van der Waals surface area contributed by atoms with Gasteiger partial charge in [-0.1, -0.05) is 26.3 Å². The highest BCUT2D eigenvalue weighted by Gasteiger charge is 2.25. The third-order valence-corrected chi connectivity index (χ3v) is 2.66. The zero-order valence-corrected chi connectivity index (χ0v) is 9.88. The molecule has 0 radical (unpaired) electrons. The van der Waals surface area contributed by atoms with Crippen LogP contribution in [0.4, 0.5) is 0 Å². The fraction of sp³-hybridized carbons (Fsp3) is 0.417. The minimum absolute atomic E-state index is 0.125. The minimum Gasteiger partial charge on any atom is -0.480 e. The molecule has 5 nitrogen and oxygen atoms in total. The molecule has 92 valence electrons. The quantitative estimate of drug-likeness (QED) is 0.807. The molecule has 0 fully saturated rings. The van der Waals surface area contributed by atoms with Gasteiger partial charge in [-0.2, -0.15) is 0 Å². The number of nitrogens with one attached hydrogen (secondary N) is 1. The van der Waals surface area contributed by atoms with Crippen molar-refractivity contribution in [2.24, 2.45) is 5.92 Å². The molecule has 1 rings (SSSR count). The van der Waals surface area contributed by atoms with Crippen LogP contribution in [0.15, 0.2) is 24.4 Å². The summed E-state index contributed by atoms with van der Waals surface area (Å²) in [6.45, 7) is 3.67. The Labute approximate surface area is 99.9 Å². The van der Waals surface area contributed by atoms with Crippen molar-refractivity contribution < 1.29 is 14.7 Å². The van der Waals surface area contributed by atoms with E-state index in [0.29, 0.717) is 6.42 Å². The van der Waals surface area contributed by atoms with Crippen LogP contribution < -0.4 is 5.32 Å². The molecule has 17 heavy (non-hydrogen) atoms. The molecule has 0 aliphatic heterocycles. The molecule has 5 heteroatoms. The molecule has 0 aromatic carbocycles. The minimum atomic E-state index is -1.02. The van der Waals surface area contributed by atoms with Gasteiger partial charge in [-0.05, 0) is 18.1 Å². The van der Waals surface area contributed by atoms with E-state index in [1.165, 1.54) is 6.20 Å². The van der Waals surface area contributed by atoms with Crippen LogP contribution in [-0.2, 0) is 4.79 Å². The molecule has 2 atom stereocenters. The Hall–Kier alpha value is -1.91. The Morgan fingerprint density at radius 1 is 1.47 bits per heavy atom.